The molecule has 2 aliphatic heterocycles. The molecule has 2 aliphatic rings. The number of rotatable bonds is 0. The summed E-state index contributed by atoms with van der Waals surface area (Å²) in [5.74, 6) is 0. The monoisotopic (exact) mass is 238 g/mol. The standard InChI is InChI=1S/B4H2O7.Li.4H2O.H/c5-1-7-3-9-2(6)10-4(8-1)11-3;;;;;;/h5-6H;;4*1H2;/q;+1;;;;;-1. The van der Waals surface area contributed by atoms with Crippen molar-refractivity contribution in [3.8, 4) is 0 Å². The van der Waals surface area contributed by atoms with Crippen molar-refractivity contribution in [2.45, 2.75) is 0 Å². The Balaban J connectivity index is -0.0000000800. The minimum absolute atomic E-state index is 0. The average molecular weight is 237 g/mol. The molecule has 0 aliphatic carbocycles. The summed E-state index contributed by atoms with van der Waals surface area (Å²) < 4.78 is 22.6. The molecule has 0 atom stereocenters. The van der Waals surface area contributed by atoms with Crippen LogP contribution in [0, 0.1) is 0 Å². The van der Waals surface area contributed by atoms with Gasteiger partial charge in [0.15, 0.2) is 0 Å². The van der Waals surface area contributed by atoms with E-state index in [1.807, 2.05) is 0 Å². The van der Waals surface area contributed by atoms with Gasteiger partial charge in [0.1, 0.15) is 0 Å². The zero-order valence-electron chi connectivity index (χ0n) is 9.25. The Morgan fingerprint density at radius 2 is 0.875 bits per heavy atom. The van der Waals surface area contributed by atoms with Gasteiger partial charge in [-0.25, -0.2) is 0 Å². The summed E-state index contributed by atoms with van der Waals surface area (Å²) in [5, 5.41) is 17.5. The Labute approximate surface area is 105 Å². The number of hydrogen-bond donors (Lipinski definition) is 2. The molecule has 2 saturated heterocycles. The van der Waals surface area contributed by atoms with E-state index in [4.69, 9.17) is 10.0 Å². The summed E-state index contributed by atoms with van der Waals surface area (Å²) in [6, 6.07) is 0. The quantitative estimate of drug-likeness (QED) is 0.387. The van der Waals surface area contributed by atoms with E-state index in [1.54, 1.807) is 0 Å². The van der Waals surface area contributed by atoms with E-state index in [-0.39, 0.29) is 42.2 Å². The van der Waals surface area contributed by atoms with Crippen LogP contribution < -0.4 is 18.9 Å². The maximum absolute atomic E-state index is 8.74. The van der Waals surface area contributed by atoms with Gasteiger partial charge in [-0.15, -0.1) is 0 Å². The van der Waals surface area contributed by atoms with E-state index in [0.29, 0.717) is 0 Å². The third-order valence-electron chi connectivity index (χ3n) is 1.13. The van der Waals surface area contributed by atoms with Crippen LogP contribution in [0.2, 0.25) is 0 Å². The van der Waals surface area contributed by atoms with Crippen molar-refractivity contribution in [1.29, 1.82) is 0 Å². The molecule has 0 spiro atoms. The van der Waals surface area contributed by atoms with Crippen LogP contribution >= 0.6 is 0 Å². The van der Waals surface area contributed by atoms with Gasteiger partial charge in [0.25, 0.3) is 0 Å². The molecular formula is H11B4LiO11. The van der Waals surface area contributed by atoms with Gasteiger partial charge in [0.2, 0.25) is 0 Å². The number of fused-ring (bicyclic) bond motifs is 2. The maximum Gasteiger partial charge on any atom is 1.00 e. The van der Waals surface area contributed by atoms with Crippen LogP contribution in [0.3, 0.4) is 0 Å². The van der Waals surface area contributed by atoms with E-state index < -0.39 is 29.3 Å². The van der Waals surface area contributed by atoms with Gasteiger partial charge in [-0.3, -0.25) is 0 Å². The summed E-state index contributed by atoms with van der Waals surface area (Å²) in [5.41, 5.74) is 0. The SMILES string of the molecule is O.O.O.O.OB1OB2OB(O)OB(O1)O2.[H-].[Li+]. The molecule has 0 amide bonds. The average Bonchev–Trinajstić information content (AvgIpc) is 1.82. The van der Waals surface area contributed by atoms with E-state index in [1.165, 1.54) is 0 Å². The van der Waals surface area contributed by atoms with Crippen molar-refractivity contribution in [1.82, 2.24) is 0 Å². The maximum atomic E-state index is 8.74. The Morgan fingerprint density at radius 3 is 1.12 bits per heavy atom. The summed E-state index contributed by atoms with van der Waals surface area (Å²) in [7, 11) is -5.20. The summed E-state index contributed by atoms with van der Waals surface area (Å²) in [4.78, 5) is 0. The smallest absolute Gasteiger partial charge is 1.00 e. The van der Waals surface area contributed by atoms with Gasteiger partial charge in [-0.2, -0.15) is 0 Å². The fourth-order valence-corrected chi connectivity index (χ4v) is 0.728. The van der Waals surface area contributed by atoms with Gasteiger partial charge in [-0.1, -0.05) is 0 Å². The largest absolute Gasteiger partial charge is 1.00 e. The Bertz CT molecular complexity index is 129. The van der Waals surface area contributed by atoms with Gasteiger partial charge in [0, 0.05) is 0 Å². The second-order valence-electron chi connectivity index (χ2n) is 1.87. The Hall–Kier alpha value is 0.417. The van der Waals surface area contributed by atoms with E-state index in [9.17, 15) is 0 Å². The molecule has 16 heteroatoms. The normalized spacial score (nSPS) is 16.9. The van der Waals surface area contributed by atoms with Crippen LogP contribution in [0.1, 0.15) is 1.43 Å². The van der Waals surface area contributed by atoms with Crippen molar-refractivity contribution < 1.29 is 75.1 Å². The first kappa shape index (κ1) is 25.3. The second kappa shape index (κ2) is 10.6. The molecule has 10 N–H and O–H groups in total. The van der Waals surface area contributed by atoms with Crippen LogP contribution in [0.15, 0.2) is 0 Å². The summed E-state index contributed by atoms with van der Waals surface area (Å²) >= 11 is 0. The molecule has 2 bridgehead atoms. The molecule has 0 aromatic carbocycles. The fourth-order valence-electron chi connectivity index (χ4n) is 0.728. The Morgan fingerprint density at radius 1 is 0.625 bits per heavy atom. The van der Waals surface area contributed by atoms with E-state index >= 15 is 0 Å². The molecule has 90 valence electrons. The first-order valence-corrected chi connectivity index (χ1v) is 2.87. The van der Waals surface area contributed by atoms with E-state index in [0.717, 1.165) is 0 Å². The second-order valence-corrected chi connectivity index (χ2v) is 1.87. The van der Waals surface area contributed by atoms with Gasteiger partial charge >= 0.3 is 48.1 Å². The predicted octanol–water partition coefficient (Wildman–Crippen LogP) is -9.16. The van der Waals surface area contributed by atoms with Gasteiger partial charge in [-0.05, 0) is 0 Å². The van der Waals surface area contributed by atoms with Crippen LogP contribution in [-0.2, 0) is 22.9 Å². The molecule has 16 heavy (non-hydrogen) atoms. The van der Waals surface area contributed by atoms with Gasteiger partial charge in [0.05, 0.1) is 0 Å². The molecule has 0 unspecified atom stereocenters. The van der Waals surface area contributed by atoms with Crippen LogP contribution in [0.5, 0.6) is 0 Å². The molecule has 0 aromatic heterocycles. The van der Waals surface area contributed by atoms with Crippen LogP contribution in [0.4, 0.5) is 0 Å². The summed E-state index contributed by atoms with van der Waals surface area (Å²) in [6.45, 7) is 0. The fraction of sp³-hybridized carbons (Fsp3) is 0. The zero-order valence-corrected chi connectivity index (χ0v) is 8.25. The van der Waals surface area contributed by atoms with Gasteiger partial charge < -0.3 is 56.2 Å². The number of hydrogen-bond acceptors (Lipinski definition) is 7. The first-order chi connectivity index (χ1) is 5.24. The van der Waals surface area contributed by atoms with Crippen LogP contribution in [-0.4, -0.2) is 61.2 Å². The topological polar surface area (TPSA) is 213 Å². The minimum Gasteiger partial charge on any atom is -1.00 e. The summed E-state index contributed by atoms with van der Waals surface area (Å²) in [6.07, 6.45) is 0. The van der Waals surface area contributed by atoms with Crippen molar-refractivity contribution in [2.24, 2.45) is 0 Å². The molecule has 2 fully saturated rings. The Kier molecular flexibility index (Phi) is 16.7. The molecule has 11 nitrogen and oxygen atoms in total. The molecule has 0 saturated carbocycles. The minimum atomic E-state index is -1.45. The van der Waals surface area contributed by atoms with Crippen molar-refractivity contribution in [3.63, 3.8) is 0 Å². The predicted molar refractivity (Wildman–Crippen MR) is 48.4 cm³/mol. The zero-order chi connectivity index (χ0) is 7.84. The van der Waals surface area contributed by atoms with E-state index in [2.05, 4.69) is 22.9 Å². The van der Waals surface area contributed by atoms with Crippen molar-refractivity contribution in [2.75, 3.05) is 0 Å². The third kappa shape index (κ3) is 6.23. The molecule has 0 radical (unpaired) electrons. The first-order valence-electron chi connectivity index (χ1n) is 2.87. The molecular weight excluding hydrogens is 226 g/mol. The third-order valence-corrected chi connectivity index (χ3v) is 1.13. The van der Waals surface area contributed by atoms with Crippen molar-refractivity contribution in [3.05, 3.63) is 0 Å². The van der Waals surface area contributed by atoms with Crippen molar-refractivity contribution >= 4 is 29.3 Å². The van der Waals surface area contributed by atoms with Crippen LogP contribution in [0.25, 0.3) is 0 Å². The molecule has 2 rings (SSSR count). The molecule has 2 heterocycles. The molecule has 0 aromatic rings.